The molecular formula is C70H114O6. The first-order valence-electron chi connectivity index (χ1n) is 31.2. The van der Waals surface area contributed by atoms with Gasteiger partial charge in [-0.05, 0) is 122 Å². The van der Waals surface area contributed by atoms with Crippen LogP contribution >= 0.6 is 0 Å². The van der Waals surface area contributed by atoms with Crippen LogP contribution in [0.2, 0.25) is 0 Å². The van der Waals surface area contributed by atoms with Crippen LogP contribution in [0, 0.1) is 0 Å². The van der Waals surface area contributed by atoms with E-state index in [1.54, 1.807) is 0 Å². The molecule has 0 saturated heterocycles. The van der Waals surface area contributed by atoms with E-state index in [1.165, 1.54) is 96.3 Å². The van der Waals surface area contributed by atoms with Gasteiger partial charge in [-0.2, -0.15) is 0 Å². The predicted molar refractivity (Wildman–Crippen MR) is 329 cm³/mol. The lowest BCUT2D eigenvalue weighted by molar-refractivity contribution is -0.167. The van der Waals surface area contributed by atoms with E-state index >= 15 is 0 Å². The second kappa shape index (κ2) is 63.1. The number of carbonyl (C=O) groups excluding carboxylic acids is 3. The summed E-state index contributed by atoms with van der Waals surface area (Å²) in [6.45, 7) is 6.46. The summed E-state index contributed by atoms with van der Waals surface area (Å²) >= 11 is 0. The lowest BCUT2D eigenvalue weighted by atomic mass is 10.1. The molecular weight excluding hydrogens is 937 g/mol. The van der Waals surface area contributed by atoms with Crippen LogP contribution in [-0.2, 0) is 28.6 Å². The average molecular weight is 1050 g/mol. The Morgan fingerprint density at radius 3 is 0.829 bits per heavy atom. The van der Waals surface area contributed by atoms with Gasteiger partial charge < -0.3 is 14.2 Å². The molecule has 0 aliphatic heterocycles. The Hall–Kier alpha value is -4.45. The Balaban J connectivity index is 4.41. The van der Waals surface area contributed by atoms with Crippen LogP contribution in [0.1, 0.15) is 271 Å². The van der Waals surface area contributed by atoms with Crippen LogP contribution in [0.15, 0.2) is 134 Å². The van der Waals surface area contributed by atoms with Gasteiger partial charge in [-0.1, -0.05) is 264 Å². The van der Waals surface area contributed by atoms with Crippen molar-refractivity contribution in [1.29, 1.82) is 0 Å². The molecule has 0 aromatic carbocycles. The maximum absolute atomic E-state index is 12.9. The van der Waals surface area contributed by atoms with Gasteiger partial charge in [0.15, 0.2) is 6.10 Å². The first-order valence-corrected chi connectivity index (χ1v) is 31.2. The monoisotopic (exact) mass is 1050 g/mol. The maximum Gasteiger partial charge on any atom is 0.306 e. The summed E-state index contributed by atoms with van der Waals surface area (Å²) in [5.74, 6) is -0.960. The van der Waals surface area contributed by atoms with Crippen molar-refractivity contribution in [2.75, 3.05) is 13.2 Å². The van der Waals surface area contributed by atoms with E-state index in [0.29, 0.717) is 25.7 Å². The Kier molecular flexibility index (Phi) is 59.4. The number of hydrogen-bond donors (Lipinski definition) is 0. The standard InChI is InChI=1S/C70H114O6/c1-4-7-10-13-16-19-22-24-26-28-30-32-33-34-35-36-37-39-40-42-44-46-48-51-54-57-60-63-69(72)75-66-67(65-74-68(71)62-59-56-53-50-21-18-15-12-9-6-3)76-70(73)64-61-58-55-52-49-47-45-43-41-38-31-29-27-25-23-20-17-14-11-8-5-2/h7,10,16,19,23-26,29-32,34-35,37,39,41-44,48,51,67H,4-6,8-9,11-15,17-18,20-22,27-28,33,36,38,40,45-47,49-50,52-66H2,1-3H3/b10-7-,19-16-,25-23-,26-24-,31-29-,32-30-,35-34-,39-37-,43-41-,44-42-,51-48-. The number of ether oxygens (including phenoxy) is 3. The van der Waals surface area contributed by atoms with E-state index in [1.807, 2.05) is 0 Å². The summed E-state index contributed by atoms with van der Waals surface area (Å²) < 4.78 is 16.8. The van der Waals surface area contributed by atoms with Crippen LogP contribution in [0.4, 0.5) is 0 Å². The zero-order chi connectivity index (χ0) is 55.0. The van der Waals surface area contributed by atoms with Gasteiger partial charge in [0.25, 0.3) is 0 Å². The summed E-state index contributed by atoms with van der Waals surface area (Å²) in [6.07, 6.45) is 88.8. The average Bonchev–Trinajstić information content (AvgIpc) is 3.42. The Labute approximate surface area is 468 Å². The van der Waals surface area contributed by atoms with Gasteiger partial charge in [-0.25, -0.2) is 0 Å². The van der Waals surface area contributed by atoms with Crippen molar-refractivity contribution in [3.8, 4) is 0 Å². The van der Waals surface area contributed by atoms with E-state index in [0.717, 1.165) is 128 Å². The number of allylic oxidation sites excluding steroid dienone is 22. The molecule has 0 radical (unpaired) electrons. The fraction of sp³-hybridized carbons (Fsp3) is 0.643. The van der Waals surface area contributed by atoms with Gasteiger partial charge in [0, 0.05) is 19.3 Å². The molecule has 6 heteroatoms. The minimum atomic E-state index is -0.807. The van der Waals surface area contributed by atoms with Crippen LogP contribution in [0.5, 0.6) is 0 Å². The van der Waals surface area contributed by atoms with Gasteiger partial charge in [0.2, 0.25) is 0 Å². The second-order valence-electron chi connectivity index (χ2n) is 20.2. The van der Waals surface area contributed by atoms with Crippen molar-refractivity contribution in [3.63, 3.8) is 0 Å². The number of esters is 3. The zero-order valence-electron chi connectivity index (χ0n) is 49.2. The van der Waals surface area contributed by atoms with Crippen LogP contribution in [0.25, 0.3) is 0 Å². The van der Waals surface area contributed by atoms with Crippen LogP contribution < -0.4 is 0 Å². The molecule has 0 aromatic rings. The molecule has 0 N–H and O–H groups in total. The van der Waals surface area contributed by atoms with Gasteiger partial charge in [-0.15, -0.1) is 0 Å². The van der Waals surface area contributed by atoms with E-state index in [2.05, 4.69) is 154 Å². The molecule has 0 fully saturated rings. The molecule has 0 bridgehead atoms. The third kappa shape index (κ3) is 60.4. The molecule has 0 saturated carbocycles. The first-order chi connectivity index (χ1) is 37.5. The molecule has 0 amide bonds. The molecule has 1 unspecified atom stereocenters. The van der Waals surface area contributed by atoms with Crippen molar-refractivity contribution in [2.45, 2.75) is 277 Å². The molecule has 0 aliphatic rings. The molecule has 0 aromatic heterocycles. The number of unbranched alkanes of at least 4 members (excludes halogenated alkanes) is 22. The summed E-state index contributed by atoms with van der Waals surface area (Å²) in [5.41, 5.74) is 0. The highest BCUT2D eigenvalue weighted by atomic mass is 16.6. The first kappa shape index (κ1) is 71.5. The lowest BCUT2D eigenvalue weighted by Gasteiger charge is -2.18. The molecule has 6 nitrogen and oxygen atoms in total. The molecule has 76 heavy (non-hydrogen) atoms. The smallest absolute Gasteiger partial charge is 0.306 e. The Morgan fingerprint density at radius 1 is 0.276 bits per heavy atom. The quantitative estimate of drug-likeness (QED) is 0.0261. The summed E-state index contributed by atoms with van der Waals surface area (Å²) in [7, 11) is 0. The lowest BCUT2D eigenvalue weighted by Crippen LogP contribution is -2.30. The van der Waals surface area contributed by atoms with E-state index in [-0.39, 0.29) is 31.1 Å². The summed E-state index contributed by atoms with van der Waals surface area (Å²) in [4.78, 5) is 38.2. The topological polar surface area (TPSA) is 78.9 Å². The normalized spacial score (nSPS) is 13.0. The molecule has 0 spiro atoms. The van der Waals surface area contributed by atoms with Gasteiger partial charge >= 0.3 is 17.9 Å². The largest absolute Gasteiger partial charge is 0.462 e. The molecule has 0 heterocycles. The molecule has 0 rings (SSSR count). The van der Waals surface area contributed by atoms with Crippen molar-refractivity contribution in [3.05, 3.63) is 134 Å². The number of hydrogen-bond acceptors (Lipinski definition) is 6. The fourth-order valence-corrected chi connectivity index (χ4v) is 8.23. The van der Waals surface area contributed by atoms with Crippen molar-refractivity contribution in [2.24, 2.45) is 0 Å². The number of carbonyl (C=O) groups is 3. The molecule has 1 atom stereocenters. The fourth-order valence-electron chi connectivity index (χ4n) is 8.23. The van der Waals surface area contributed by atoms with Crippen molar-refractivity contribution in [1.82, 2.24) is 0 Å². The van der Waals surface area contributed by atoms with Gasteiger partial charge in [-0.3, -0.25) is 14.4 Å². The number of rotatable bonds is 55. The van der Waals surface area contributed by atoms with E-state index in [9.17, 15) is 14.4 Å². The van der Waals surface area contributed by atoms with E-state index < -0.39 is 6.10 Å². The van der Waals surface area contributed by atoms with Gasteiger partial charge in [0.05, 0.1) is 0 Å². The highest BCUT2D eigenvalue weighted by molar-refractivity contribution is 5.71. The maximum atomic E-state index is 12.9. The minimum absolute atomic E-state index is 0.0996. The van der Waals surface area contributed by atoms with Crippen LogP contribution in [-0.4, -0.2) is 37.2 Å². The highest BCUT2D eigenvalue weighted by Crippen LogP contribution is 2.14. The van der Waals surface area contributed by atoms with E-state index in [4.69, 9.17) is 14.2 Å². The van der Waals surface area contributed by atoms with Crippen LogP contribution in [0.3, 0.4) is 0 Å². The molecule has 0 aliphatic carbocycles. The SMILES string of the molecule is CC/C=C\C/C=C\C/C=C\C/C=C\C/C=C\C/C=C\C/C=C\C/C=C\CCCCC(=O)OCC(COC(=O)CCCCCCCCCCCC)OC(=O)CCCCCCCC/C=C\C/C=C\C/C=C\CCCCCCC. The highest BCUT2D eigenvalue weighted by Gasteiger charge is 2.19. The predicted octanol–water partition coefficient (Wildman–Crippen LogP) is 21.4. The van der Waals surface area contributed by atoms with Crippen molar-refractivity contribution >= 4 is 17.9 Å². The summed E-state index contributed by atoms with van der Waals surface area (Å²) in [6, 6.07) is 0. The third-order valence-electron chi connectivity index (χ3n) is 12.9. The Morgan fingerprint density at radius 2 is 0.513 bits per heavy atom. The Bertz CT molecular complexity index is 1630. The molecule has 430 valence electrons. The third-order valence-corrected chi connectivity index (χ3v) is 12.9. The second-order valence-corrected chi connectivity index (χ2v) is 20.2. The zero-order valence-corrected chi connectivity index (χ0v) is 49.2. The minimum Gasteiger partial charge on any atom is -0.462 e. The summed E-state index contributed by atoms with van der Waals surface area (Å²) in [5, 5.41) is 0. The van der Waals surface area contributed by atoms with Crippen molar-refractivity contribution < 1.29 is 28.6 Å². The van der Waals surface area contributed by atoms with Gasteiger partial charge in [0.1, 0.15) is 13.2 Å².